The van der Waals surface area contributed by atoms with E-state index in [1.807, 2.05) is 7.05 Å². The number of likely N-dealkylation sites (N-methyl/N-ethyl adjacent to an activating group) is 1. The van der Waals surface area contributed by atoms with Gasteiger partial charge < -0.3 is 5.32 Å². The van der Waals surface area contributed by atoms with Crippen LogP contribution in [0.3, 0.4) is 0 Å². The summed E-state index contributed by atoms with van der Waals surface area (Å²) < 4.78 is 47.3. The summed E-state index contributed by atoms with van der Waals surface area (Å²) in [6.45, 7) is 0. The summed E-state index contributed by atoms with van der Waals surface area (Å²) in [5.41, 5.74) is 0.958. The van der Waals surface area contributed by atoms with E-state index < -0.39 is 15.6 Å². The van der Waals surface area contributed by atoms with Crippen molar-refractivity contribution in [1.29, 1.82) is 0 Å². The van der Waals surface area contributed by atoms with Gasteiger partial charge in [-0.2, -0.15) is 8.78 Å². The first kappa shape index (κ1) is 14.4. The molecule has 3 nitrogen and oxygen atoms in total. The number of sulfone groups is 1. The van der Waals surface area contributed by atoms with E-state index in [1.54, 1.807) is 12.1 Å². The highest BCUT2D eigenvalue weighted by Gasteiger charge is 2.30. The molecule has 0 heterocycles. The molecular formula is C13H17F2NO2S. The van der Waals surface area contributed by atoms with Crippen LogP contribution < -0.4 is 5.32 Å². The molecule has 1 fully saturated rings. The van der Waals surface area contributed by atoms with E-state index in [2.05, 4.69) is 5.32 Å². The fraction of sp³-hybridized carbons (Fsp3) is 0.538. The lowest BCUT2D eigenvalue weighted by Crippen LogP contribution is -2.29. The van der Waals surface area contributed by atoms with Gasteiger partial charge in [0.15, 0.2) is 0 Å². The molecule has 1 saturated carbocycles. The van der Waals surface area contributed by atoms with E-state index in [0.29, 0.717) is 12.0 Å². The first-order chi connectivity index (χ1) is 8.95. The summed E-state index contributed by atoms with van der Waals surface area (Å²) >= 11 is 0. The van der Waals surface area contributed by atoms with Crippen molar-refractivity contribution in [2.75, 3.05) is 7.05 Å². The first-order valence-corrected chi connectivity index (χ1v) is 7.78. The van der Waals surface area contributed by atoms with E-state index in [9.17, 15) is 17.2 Å². The molecule has 1 unspecified atom stereocenters. The van der Waals surface area contributed by atoms with E-state index in [0.717, 1.165) is 12.0 Å². The molecule has 106 valence electrons. The van der Waals surface area contributed by atoms with Crippen molar-refractivity contribution >= 4 is 9.84 Å². The monoisotopic (exact) mass is 289 g/mol. The molecule has 0 aromatic heterocycles. The first-order valence-electron chi connectivity index (χ1n) is 6.23. The number of benzene rings is 1. The van der Waals surface area contributed by atoms with Crippen molar-refractivity contribution in [3.8, 4) is 0 Å². The molecule has 1 aromatic carbocycles. The normalized spacial score (nSPS) is 17.7. The van der Waals surface area contributed by atoms with Crippen LogP contribution in [0.2, 0.25) is 0 Å². The second kappa shape index (κ2) is 5.54. The molecule has 1 atom stereocenters. The van der Waals surface area contributed by atoms with Crippen LogP contribution in [-0.4, -0.2) is 27.3 Å². The maximum Gasteiger partial charge on any atom is 0.341 e. The highest BCUT2D eigenvalue weighted by atomic mass is 32.2. The van der Waals surface area contributed by atoms with E-state index in [1.165, 1.54) is 25.0 Å². The Hall–Kier alpha value is -1.01. The predicted molar refractivity (Wildman–Crippen MR) is 68.9 cm³/mol. The SMILES string of the molecule is CNC(Cc1ccc(S(=O)(=O)C(F)F)cc1)C1CC1. The zero-order valence-electron chi connectivity index (χ0n) is 10.6. The molecule has 1 N–H and O–H groups in total. The molecule has 0 spiro atoms. The number of nitrogens with one attached hydrogen (secondary N) is 1. The van der Waals surface area contributed by atoms with Crippen molar-refractivity contribution in [1.82, 2.24) is 5.32 Å². The van der Waals surface area contributed by atoms with Crippen LogP contribution in [0.5, 0.6) is 0 Å². The molecule has 0 bridgehead atoms. The van der Waals surface area contributed by atoms with Gasteiger partial charge in [0.2, 0.25) is 9.84 Å². The van der Waals surface area contributed by atoms with Crippen LogP contribution in [0.15, 0.2) is 29.2 Å². The van der Waals surface area contributed by atoms with Crippen molar-refractivity contribution in [3.63, 3.8) is 0 Å². The van der Waals surface area contributed by atoms with Crippen LogP contribution >= 0.6 is 0 Å². The van der Waals surface area contributed by atoms with Crippen molar-refractivity contribution in [2.24, 2.45) is 5.92 Å². The Kier molecular flexibility index (Phi) is 4.20. The zero-order valence-corrected chi connectivity index (χ0v) is 11.5. The van der Waals surface area contributed by atoms with Gasteiger partial charge >= 0.3 is 5.76 Å². The highest BCUT2D eigenvalue weighted by molar-refractivity contribution is 7.91. The highest BCUT2D eigenvalue weighted by Crippen LogP contribution is 2.34. The van der Waals surface area contributed by atoms with Crippen LogP contribution in [-0.2, 0) is 16.3 Å². The molecule has 6 heteroatoms. The molecule has 19 heavy (non-hydrogen) atoms. The zero-order chi connectivity index (χ0) is 14.0. The van der Waals surface area contributed by atoms with Crippen molar-refractivity contribution in [3.05, 3.63) is 29.8 Å². The average molecular weight is 289 g/mol. The third-order valence-electron chi connectivity index (χ3n) is 3.50. The maximum absolute atomic E-state index is 12.4. The summed E-state index contributed by atoms with van der Waals surface area (Å²) in [7, 11) is -2.58. The second-order valence-corrected chi connectivity index (χ2v) is 6.80. The van der Waals surface area contributed by atoms with Crippen molar-refractivity contribution < 1.29 is 17.2 Å². The van der Waals surface area contributed by atoms with E-state index in [-0.39, 0.29) is 4.90 Å². The number of rotatable bonds is 6. The Balaban J connectivity index is 2.10. The van der Waals surface area contributed by atoms with Gasteiger partial charge in [-0.3, -0.25) is 0 Å². The van der Waals surface area contributed by atoms with Gasteiger partial charge in [0.25, 0.3) is 0 Å². The quantitative estimate of drug-likeness (QED) is 0.873. The summed E-state index contributed by atoms with van der Waals surface area (Å²) in [6, 6.07) is 6.12. The van der Waals surface area contributed by atoms with Gasteiger partial charge in [-0.05, 0) is 49.9 Å². The number of alkyl halides is 2. The van der Waals surface area contributed by atoms with Gasteiger partial charge in [0, 0.05) is 6.04 Å². The van der Waals surface area contributed by atoms with E-state index >= 15 is 0 Å². The molecule has 2 rings (SSSR count). The summed E-state index contributed by atoms with van der Waals surface area (Å²) in [5, 5.41) is 3.24. The largest absolute Gasteiger partial charge is 0.341 e. The maximum atomic E-state index is 12.4. The Labute approximate surface area is 111 Å². The number of hydrogen-bond donors (Lipinski definition) is 1. The molecule has 1 aromatic rings. The van der Waals surface area contributed by atoms with Gasteiger partial charge in [-0.25, -0.2) is 8.42 Å². The molecule has 0 amide bonds. The molecule has 0 radical (unpaired) electrons. The third-order valence-corrected chi connectivity index (χ3v) is 4.90. The van der Waals surface area contributed by atoms with Crippen LogP contribution in [0.25, 0.3) is 0 Å². The minimum atomic E-state index is -4.48. The van der Waals surface area contributed by atoms with Gasteiger partial charge in [0.05, 0.1) is 4.90 Å². The molecule has 0 aliphatic heterocycles. The second-order valence-electron chi connectivity index (χ2n) is 4.89. The smallest absolute Gasteiger partial charge is 0.316 e. The Bertz CT molecular complexity index is 524. The third kappa shape index (κ3) is 3.30. The summed E-state index contributed by atoms with van der Waals surface area (Å²) in [4.78, 5) is -0.321. The summed E-state index contributed by atoms with van der Waals surface area (Å²) in [5.74, 6) is -2.69. The minimum Gasteiger partial charge on any atom is -0.316 e. The average Bonchev–Trinajstić information content (AvgIpc) is 3.20. The summed E-state index contributed by atoms with van der Waals surface area (Å²) in [6.07, 6.45) is 3.21. The molecule has 0 saturated heterocycles. The Morgan fingerprint density at radius 1 is 1.26 bits per heavy atom. The van der Waals surface area contributed by atoms with Gasteiger partial charge in [-0.1, -0.05) is 12.1 Å². The van der Waals surface area contributed by atoms with Crippen LogP contribution in [0.1, 0.15) is 18.4 Å². The Morgan fingerprint density at radius 3 is 2.26 bits per heavy atom. The predicted octanol–water partition coefficient (Wildman–Crippen LogP) is 2.22. The molecule has 1 aliphatic carbocycles. The number of halogens is 2. The standard InChI is InChI=1S/C13H17F2NO2S/c1-16-12(10-4-5-10)8-9-2-6-11(7-3-9)19(17,18)13(14)15/h2-3,6-7,10,12-13,16H,4-5,8H2,1H3. The van der Waals surface area contributed by atoms with Crippen molar-refractivity contribution in [2.45, 2.75) is 36.0 Å². The van der Waals surface area contributed by atoms with Crippen LogP contribution in [0.4, 0.5) is 8.78 Å². The number of hydrogen-bond acceptors (Lipinski definition) is 3. The lowest BCUT2D eigenvalue weighted by molar-refractivity contribution is 0.234. The lowest BCUT2D eigenvalue weighted by atomic mass is 10.0. The lowest BCUT2D eigenvalue weighted by Gasteiger charge is -2.15. The topological polar surface area (TPSA) is 46.2 Å². The fourth-order valence-corrected chi connectivity index (χ4v) is 2.90. The molecular weight excluding hydrogens is 272 g/mol. The van der Waals surface area contributed by atoms with E-state index in [4.69, 9.17) is 0 Å². The fourth-order valence-electron chi connectivity index (χ4n) is 2.18. The Morgan fingerprint density at radius 2 is 1.84 bits per heavy atom. The van der Waals surface area contributed by atoms with Gasteiger partial charge in [-0.15, -0.1) is 0 Å². The van der Waals surface area contributed by atoms with Crippen LogP contribution in [0, 0.1) is 5.92 Å². The minimum absolute atomic E-state index is 0.321. The van der Waals surface area contributed by atoms with Gasteiger partial charge in [0.1, 0.15) is 0 Å². The molecule has 1 aliphatic rings.